The van der Waals surface area contributed by atoms with Gasteiger partial charge in [0.15, 0.2) is 0 Å². The summed E-state index contributed by atoms with van der Waals surface area (Å²) >= 11 is 0. The standard InChI is InChI=1S/C18H19N3O/c22-18(16-10-13-5-6-14(16)9-13)20-11-15-3-1-2-4-17(15)21-8-7-19-12-21/h1-8,12-14,16H,9-11H2,(H,20,22)/t13-,14+,16-/m1/s1. The van der Waals surface area contributed by atoms with Crippen LogP contribution >= 0.6 is 0 Å². The highest BCUT2D eigenvalue weighted by Crippen LogP contribution is 2.43. The van der Waals surface area contributed by atoms with Gasteiger partial charge in [-0.3, -0.25) is 4.79 Å². The average molecular weight is 293 g/mol. The van der Waals surface area contributed by atoms with Crippen molar-refractivity contribution in [3.63, 3.8) is 0 Å². The van der Waals surface area contributed by atoms with Crippen molar-refractivity contribution >= 4 is 5.91 Å². The van der Waals surface area contributed by atoms with E-state index in [1.807, 2.05) is 29.0 Å². The molecule has 112 valence electrons. The van der Waals surface area contributed by atoms with Gasteiger partial charge in [-0.25, -0.2) is 4.98 Å². The van der Waals surface area contributed by atoms with Crippen LogP contribution in [0.1, 0.15) is 18.4 Å². The maximum Gasteiger partial charge on any atom is 0.223 e. The molecule has 0 saturated heterocycles. The molecule has 0 radical (unpaired) electrons. The van der Waals surface area contributed by atoms with Gasteiger partial charge in [-0.15, -0.1) is 0 Å². The van der Waals surface area contributed by atoms with Gasteiger partial charge in [0.1, 0.15) is 0 Å². The van der Waals surface area contributed by atoms with Crippen LogP contribution < -0.4 is 5.32 Å². The van der Waals surface area contributed by atoms with Gasteiger partial charge in [-0.2, -0.15) is 0 Å². The third kappa shape index (κ3) is 2.34. The second kappa shape index (κ2) is 5.44. The number of nitrogens with zero attached hydrogens (tertiary/aromatic N) is 2. The number of hydrogen-bond acceptors (Lipinski definition) is 2. The minimum Gasteiger partial charge on any atom is -0.352 e. The number of imidazole rings is 1. The molecule has 0 spiro atoms. The molecule has 1 amide bonds. The number of benzene rings is 1. The summed E-state index contributed by atoms with van der Waals surface area (Å²) in [5.74, 6) is 1.43. The molecule has 4 heteroatoms. The molecule has 1 aromatic carbocycles. The summed E-state index contributed by atoms with van der Waals surface area (Å²) in [6, 6.07) is 8.10. The summed E-state index contributed by atoms with van der Waals surface area (Å²) in [7, 11) is 0. The van der Waals surface area contributed by atoms with E-state index in [9.17, 15) is 4.79 Å². The number of rotatable bonds is 4. The normalized spacial score (nSPS) is 25.5. The Bertz CT molecular complexity index is 705. The molecule has 1 fully saturated rings. The Kier molecular flexibility index (Phi) is 3.29. The molecule has 22 heavy (non-hydrogen) atoms. The molecular formula is C18H19N3O. The van der Waals surface area contributed by atoms with Crippen molar-refractivity contribution < 1.29 is 4.79 Å². The zero-order valence-corrected chi connectivity index (χ0v) is 12.4. The number of carbonyl (C=O) groups is 1. The van der Waals surface area contributed by atoms with E-state index in [1.165, 1.54) is 0 Å². The SMILES string of the molecule is O=C(NCc1ccccc1-n1ccnc1)[C@@H]1C[C@@H]2C=C[C@H]1C2. The van der Waals surface area contributed by atoms with Gasteiger partial charge in [0, 0.05) is 24.9 Å². The van der Waals surface area contributed by atoms with E-state index >= 15 is 0 Å². The lowest BCUT2D eigenvalue weighted by Gasteiger charge is -2.18. The Morgan fingerprint density at radius 3 is 2.91 bits per heavy atom. The van der Waals surface area contributed by atoms with Crippen molar-refractivity contribution in [3.8, 4) is 5.69 Å². The van der Waals surface area contributed by atoms with Crippen LogP contribution in [-0.4, -0.2) is 15.5 Å². The van der Waals surface area contributed by atoms with Crippen molar-refractivity contribution in [2.45, 2.75) is 19.4 Å². The van der Waals surface area contributed by atoms with Crippen molar-refractivity contribution in [1.82, 2.24) is 14.9 Å². The summed E-state index contributed by atoms with van der Waals surface area (Å²) in [6.45, 7) is 0.560. The van der Waals surface area contributed by atoms with Crippen molar-refractivity contribution in [2.24, 2.45) is 17.8 Å². The van der Waals surface area contributed by atoms with E-state index in [0.29, 0.717) is 18.4 Å². The molecule has 1 N–H and O–H groups in total. The molecule has 0 aliphatic heterocycles. The average Bonchev–Trinajstić information content (AvgIpc) is 3.29. The fraction of sp³-hybridized carbons (Fsp3) is 0.333. The molecular weight excluding hydrogens is 274 g/mol. The molecule has 2 aromatic rings. The van der Waals surface area contributed by atoms with E-state index in [2.05, 4.69) is 28.5 Å². The number of hydrogen-bond donors (Lipinski definition) is 1. The number of allylic oxidation sites excluding steroid dienone is 2. The Hall–Kier alpha value is -2.36. The first-order valence-corrected chi connectivity index (χ1v) is 7.83. The lowest BCUT2D eigenvalue weighted by atomic mass is 9.93. The first-order chi connectivity index (χ1) is 10.8. The molecule has 1 heterocycles. The van der Waals surface area contributed by atoms with Gasteiger partial charge in [0.2, 0.25) is 5.91 Å². The van der Waals surface area contributed by atoms with Crippen LogP contribution in [0.25, 0.3) is 5.69 Å². The quantitative estimate of drug-likeness (QED) is 0.881. The summed E-state index contributed by atoms with van der Waals surface area (Å²) in [6.07, 6.45) is 12.1. The van der Waals surface area contributed by atoms with Crippen LogP contribution in [0, 0.1) is 17.8 Å². The zero-order chi connectivity index (χ0) is 14.9. The second-order valence-electron chi connectivity index (χ2n) is 6.20. The Balaban J connectivity index is 1.46. The molecule has 4 rings (SSSR count). The van der Waals surface area contributed by atoms with Crippen molar-refractivity contribution in [1.29, 1.82) is 0 Å². The van der Waals surface area contributed by atoms with E-state index in [-0.39, 0.29) is 11.8 Å². The van der Waals surface area contributed by atoms with Crippen LogP contribution in [0.2, 0.25) is 0 Å². The predicted octanol–water partition coefficient (Wildman–Crippen LogP) is 2.70. The predicted molar refractivity (Wildman–Crippen MR) is 84.3 cm³/mol. The summed E-state index contributed by atoms with van der Waals surface area (Å²) < 4.78 is 1.97. The number of para-hydroxylation sites is 1. The van der Waals surface area contributed by atoms with E-state index in [1.54, 1.807) is 12.5 Å². The second-order valence-corrected chi connectivity index (χ2v) is 6.20. The maximum absolute atomic E-state index is 12.4. The van der Waals surface area contributed by atoms with Crippen LogP contribution in [0.3, 0.4) is 0 Å². The number of amides is 1. The van der Waals surface area contributed by atoms with Crippen LogP contribution in [0.4, 0.5) is 0 Å². The van der Waals surface area contributed by atoms with Crippen molar-refractivity contribution in [2.75, 3.05) is 0 Å². The van der Waals surface area contributed by atoms with Gasteiger partial charge < -0.3 is 9.88 Å². The van der Waals surface area contributed by atoms with E-state index < -0.39 is 0 Å². The number of fused-ring (bicyclic) bond motifs is 2. The lowest BCUT2D eigenvalue weighted by Crippen LogP contribution is -2.32. The van der Waals surface area contributed by atoms with Gasteiger partial charge >= 0.3 is 0 Å². The minimum absolute atomic E-state index is 0.162. The zero-order valence-electron chi connectivity index (χ0n) is 12.4. The molecule has 1 saturated carbocycles. The fourth-order valence-electron chi connectivity index (χ4n) is 3.71. The smallest absolute Gasteiger partial charge is 0.223 e. The molecule has 3 atom stereocenters. The van der Waals surface area contributed by atoms with Crippen LogP contribution in [0.15, 0.2) is 55.1 Å². The molecule has 1 aromatic heterocycles. The Morgan fingerprint density at radius 2 is 2.18 bits per heavy atom. The highest BCUT2D eigenvalue weighted by atomic mass is 16.1. The summed E-state index contributed by atoms with van der Waals surface area (Å²) in [5.41, 5.74) is 2.17. The molecule has 4 nitrogen and oxygen atoms in total. The summed E-state index contributed by atoms with van der Waals surface area (Å²) in [4.78, 5) is 16.5. The fourth-order valence-corrected chi connectivity index (χ4v) is 3.71. The highest BCUT2D eigenvalue weighted by molar-refractivity contribution is 5.80. The Morgan fingerprint density at radius 1 is 1.27 bits per heavy atom. The molecule has 2 aliphatic carbocycles. The molecule has 0 unspecified atom stereocenters. The number of carbonyl (C=O) groups excluding carboxylic acids is 1. The molecule has 2 bridgehead atoms. The van der Waals surface area contributed by atoms with Crippen molar-refractivity contribution in [3.05, 3.63) is 60.7 Å². The van der Waals surface area contributed by atoms with E-state index in [4.69, 9.17) is 0 Å². The largest absolute Gasteiger partial charge is 0.352 e. The van der Waals surface area contributed by atoms with Gasteiger partial charge in [-0.05, 0) is 36.3 Å². The van der Waals surface area contributed by atoms with Crippen LogP contribution in [-0.2, 0) is 11.3 Å². The number of nitrogens with one attached hydrogen (secondary N) is 1. The van der Waals surface area contributed by atoms with E-state index in [0.717, 1.165) is 24.1 Å². The third-order valence-corrected chi connectivity index (χ3v) is 4.84. The summed E-state index contributed by atoms with van der Waals surface area (Å²) in [5, 5.41) is 3.12. The Labute approximate surface area is 129 Å². The van der Waals surface area contributed by atoms with Gasteiger partial charge in [0.05, 0.1) is 12.0 Å². The highest BCUT2D eigenvalue weighted by Gasteiger charge is 2.39. The molecule has 2 aliphatic rings. The minimum atomic E-state index is 0.162. The first-order valence-electron chi connectivity index (χ1n) is 7.83. The number of aromatic nitrogens is 2. The van der Waals surface area contributed by atoms with Gasteiger partial charge in [-0.1, -0.05) is 30.4 Å². The van der Waals surface area contributed by atoms with Gasteiger partial charge in [0.25, 0.3) is 0 Å². The first kappa shape index (κ1) is 13.3. The monoisotopic (exact) mass is 293 g/mol. The maximum atomic E-state index is 12.4. The van der Waals surface area contributed by atoms with Crippen LogP contribution in [0.5, 0.6) is 0 Å². The topological polar surface area (TPSA) is 46.9 Å². The third-order valence-electron chi connectivity index (χ3n) is 4.84. The lowest BCUT2D eigenvalue weighted by molar-refractivity contribution is -0.125.